The summed E-state index contributed by atoms with van der Waals surface area (Å²) in [5.74, 6) is -2.45. The molecule has 0 aliphatic heterocycles. The molecule has 1 atom stereocenters. The van der Waals surface area contributed by atoms with Crippen LogP contribution >= 0.6 is 11.8 Å². The van der Waals surface area contributed by atoms with Gasteiger partial charge in [0.1, 0.15) is 0 Å². The fourth-order valence-corrected chi connectivity index (χ4v) is 1.96. The van der Waals surface area contributed by atoms with E-state index in [-0.39, 0.29) is 10.5 Å². The summed E-state index contributed by atoms with van der Waals surface area (Å²) in [5, 5.41) is 20.2. The van der Waals surface area contributed by atoms with Gasteiger partial charge in [-0.1, -0.05) is 12.1 Å². The van der Waals surface area contributed by atoms with Gasteiger partial charge in [-0.2, -0.15) is 13.2 Å². The van der Waals surface area contributed by atoms with E-state index in [2.05, 4.69) is 5.32 Å². The Bertz CT molecular complexity index is 546. The molecule has 0 spiro atoms. The Kier molecular flexibility index (Phi) is 5.24. The number of thioether (sulfide) groups is 1. The number of carboxylic acid groups (broad SMARTS) is 1. The molecule has 0 saturated heterocycles. The van der Waals surface area contributed by atoms with Crippen molar-refractivity contribution in [3.05, 3.63) is 29.8 Å². The maximum atomic E-state index is 12.4. The number of rotatable bonds is 5. The maximum Gasteiger partial charge on any atom is 0.446 e. The molecule has 1 rings (SSSR count). The first-order valence-corrected chi connectivity index (χ1v) is 6.43. The van der Waals surface area contributed by atoms with Crippen molar-refractivity contribution in [3.8, 4) is 0 Å². The van der Waals surface area contributed by atoms with Crippen LogP contribution < -0.4 is 5.32 Å². The van der Waals surface area contributed by atoms with Crippen LogP contribution in [0, 0.1) is 0 Å². The number of benzene rings is 1. The van der Waals surface area contributed by atoms with Crippen LogP contribution in [0.15, 0.2) is 29.2 Å². The van der Waals surface area contributed by atoms with Crippen molar-refractivity contribution in [3.63, 3.8) is 0 Å². The van der Waals surface area contributed by atoms with Crippen LogP contribution in [0.2, 0.25) is 0 Å². The monoisotopic (exact) mass is 323 g/mol. The Balaban J connectivity index is 2.86. The van der Waals surface area contributed by atoms with Crippen molar-refractivity contribution < 1.29 is 33.0 Å². The van der Waals surface area contributed by atoms with Gasteiger partial charge < -0.3 is 15.5 Å². The van der Waals surface area contributed by atoms with Gasteiger partial charge in [-0.15, -0.1) is 0 Å². The molecule has 0 fully saturated rings. The summed E-state index contributed by atoms with van der Waals surface area (Å²) in [6.45, 7) is 0.332. The standard InChI is InChI=1S/C12H12F3NO4S/c1-11(20,10(18)19)6-16-9(17)7-4-2-3-5-8(7)21-12(13,14)15/h2-5,20H,6H2,1H3,(H,16,17)(H,18,19). The van der Waals surface area contributed by atoms with Gasteiger partial charge in [0.2, 0.25) is 0 Å². The first-order chi connectivity index (χ1) is 9.53. The highest BCUT2D eigenvalue weighted by Crippen LogP contribution is 2.38. The second-order valence-electron chi connectivity index (χ2n) is 4.31. The van der Waals surface area contributed by atoms with E-state index in [0.717, 1.165) is 13.0 Å². The number of halogens is 3. The minimum absolute atomic E-state index is 0.249. The number of nitrogens with one attached hydrogen (secondary N) is 1. The SMILES string of the molecule is CC(O)(CNC(=O)c1ccccc1SC(F)(F)F)C(=O)O. The predicted molar refractivity (Wildman–Crippen MR) is 68.9 cm³/mol. The zero-order valence-electron chi connectivity index (χ0n) is 10.8. The summed E-state index contributed by atoms with van der Waals surface area (Å²) in [4.78, 5) is 22.2. The van der Waals surface area contributed by atoms with Crippen LogP contribution in [0.1, 0.15) is 17.3 Å². The predicted octanol–water partition coefficient (Wildman–Crippen LogP) is 1.86. The van der Waals surface area contributed by atoms with Crippen LogP contribution in [-0.4, -0.2) is 39.7 Å². The largest absolute Gasteiger partial charge is 0.479 e. The molecule has 0 heterocycles. The van der Waals surface area contributed by atoms with Crippen LogP contribution in [-0.2, 0) is 4.79 Å². The van der Waals surface area contributed by atoms with E-state index in [4.69, 9.17) is 5.11 Å². The molecule has 3 N–H and O–H groups in total. The van der Waals surface area contributed by atoms with E-state index in [1.165, 1.54) is 18.2 Å². The zero-order valence-corrected chi connectivity index (χ0v) is 11.6. The molecule has 0 radical (unpaired) electrons. The molecule has 0 aliphatic rings. The second-order valence-corrected chi connectivity index (χ2v) is 5.41. The lowest BCUT2D eigenvalue weighted by Gasteiger charge is -2.19. The molecule has 5 nitrogen and oxygen atoms in total. The van der Waals surface area contributed by atoms with Crippen LogP contribution in [0.25, 0.3) is 0 Å². The van der Waals surface area contributed by atoms with Gasteiger partial charge >= 0.3 is 11.5 Å². The van der Waals surface area contributed by atoms with E-state index < -0.39 is 41.3 Å². The molecule has 1 aromatic rings. The second kappa shape index (κ2) is 6.35. The summed E-state index contributed by atoms with van der Waals surface area (Å²) in [5.41, 5.74) is -7.01. The van der Waals surface area contributed by atoms with Gasteiger partial charge in [0.15, 0.2) is 5.60 Å². The van der Waals surface area contributed by atoms with Crippen molar-refractivity contribution in [2.75, 3.05) is 6.54 Å². The number of hydrogen-bond donors (Lipinski definition) is 3. The Labute approximate surface area is 122 Å². The summed E-state index contributed by atoms with van der Waals surface area (Å²) in [6.07, 6.45) is 0. The summed E-state index contributed by atoms with van der Waals surface area (Å²) in [7, 11) is 0. The number of amides is 1. The summed E-state index contributed by atoms with van der Waals surface area (Å²) >= 11 is -0.444. The molecule has 116 valence electrons. The van der Waals surface area contributed by atoms with Crippen LogP contribution in [0.3, 0.4) is 0 Å². The normalized spacial score (nSPS) is 14.3. The van der Waals surface area contributed by atoms with Crippen LogP contribution in [0.4, 0.5) is 13.2 Å². The van der Waals surface area contributed by atoms with Crippen molar-refractivity contribution in [1.29, 1.82) is 0 Å². The van der Waals surface area contributed by atoms with Crippen LogP contribution in [0.5, 0.6) is 0 Å². The number of alkyl halides is 3. The van der Waals surface area contributed by atoms with E-state index in [0.29, 0.717) is 0 Å². The van der Waals surface area contributed by atoms with Gasteiger partial charge in [0.05, 0.1) is 12.1 Å². The number of hydrogen-bond acceptors (Lipinski definition) is 4. The van der Waals surface area contributed by atoms with E-state index in [9.17, 15) is 27.9 Å². The van der Waals surface area contributed by atoms with Crippen molar-refractivity contribution in [1.82, 2.24) is 5.32 Å². The van der Waals surface area contributed by atoms with Gasteiger partial charge in [-0.05, 0) is 30.8 Å². The van der Waals surface area contributed by atoms with E-state index in [1.54, 1.807) is 0 Å². The van der Waals surface area contributed by atoms with Crippen molar-refractivity contribution >= 4 is 23.6 Å². The fraction of sp³-hybridized carbons (Fsp3) is 0.333. The summed E-state index contributed by atoms with van der Waals surface area (Å²) < 4.78 is 37.1. The number of aliphatic hydroxyl groups is 1. The van der Waals surface area contributed by atoms with Gasteiger partial charge in [-0.3, -0.25) is 4.79 Å². The Morgan fingerprint density at radius 2 is 1.86 bits per heavy atom. The Morgan fingerprint density at radius 3 is 2.38 bits per heavy atom. The van der Waals surface area contributed by atoms with Crippen molar-refractivity contribution in [2.24, 2.45) is 0 Å². The lowest BCUT2D eigenvalue weighted by molar-refractivity contribution is -0.155. The average molecular weight is 323 g/mol. The lowest BCUT2D eigenvalue weighted by atomic mass is 10.1. The average Bonchev–Trinajstić information content (AvgIpc) is 2.34. The molecule has 0 aromatic heterocycles. The number of carboxylic acids is 1. The highest BCUT2D eigenvalue weighted by Gasteiger charge is 2.33. The number of aliphatic carboxylic acids is 1. The van der Waals surface area contributed by atoms with Gasteiger partial charge in [0.25, 0.3) is 5.91 Å². The Morgan fingerprint density at radius 1 is 1.29 bits per heavy atom. The highest BCUT2D eigenvalue weighted by molar-refractivity contribution is 8.00. The maximum absolute atomic E-state index is 12.4. The highest BCUT2D eigenvalue weighted by atomic mass is 32.2. The third kappa shape index (κ3) is 5.27. The molecule has 1 aromatic carbocycles. The summed E-state index contributed by atoms with van der Waals surface area (Å²) in [6, 6.07) is 5.03. The third-order valence-electron chi connectivity index (χ3n) is 2.41. The molecule has 1 amide bonds. The minimum Gasteiger partial charge on any atom is -0.479 e. The van der Waals surface area contributed by atoms with Gasteiger partial charge in [0, 0.05) is 4.90 Å². The van der Waals surface area contributed by atoms with E-state index in [1.807, 2.05) is 0 Å². The van der Waals surface area contributed by atoms with E-state index >= 15 is 0 Å². The first kappa shape index (κ1) is 17.3. The van der Waals surface area contributed by atoms with Crippen molar-refractivity contribution in [2.45, 2.75) is 22.9 Å². The molecular formula is C12H12F3NO4S. The molecule has 21 heavy (non-hydrogen) atoms. The minimum atomic E-state index is -4.55. The first-order valence-electron chi connectivity index (χ1n) is 5.62. The fourth-order valence-electron chi connectivity index (χ4n) is 1.29. The number of carbonyl (C=O) groups excluding carboxylic acids is 1. The van der Waals surface area contributed by atoms with Gasteiger partial charge in [-0.25, -0.2) is 4.79 Å². The molecule has 0 saturated carbocycles. The zero-order chi connectivity index (χ0) is 16.3. The molecule has 9 heteroatoms. The Hall–Kier alpha value is -1.74. The molecule has 0 aliphatic carbocycles. The molecule has 1 unspecified atom stereocenters. The topological polar surface area (TPSA) is 86.6 Å². The molecule has 0 bridgehead atoms. The lowest BCUT2D eigenvalue weighted by Crippen LogP contribution is -2.46. The third-order valence-corrected chi connectivity index (χ3v) is 3.22. The molecular weight excluding hydrogens is 311 g/mol. The number of carbonyl (C=O) groups is 2. The smallest absolute Gasteiger partial charge is 0.446 e. The quantitative estimate of drug-likeness (QED) is 0.720.